The fraction of sp³-hybridized carbons (Fsp3) is 0.292. The number of rotatable bonds is 3. The lowest BCUT2D eigenvalue weighted by atomic mass is 10.0. The average Bonchev–Trinajstić information content (AvgIpc) is 2.74. The molecule has 1 aromatic heterocycles. The quantitative estimate of drug-likeness (QED) is 0.617. The van der Waals surface area contributed by atoms with E-state index in [1.54, 1.807) is 24.3 Å². The van der Waals surface area contributed by atoms with Crippen molar-refractivity contribution in [2.75, 3.05) is 18.4 Å². The predicted octanol–water partition coefficient (Wildman–Crippen LogP) is 5.38. The monoisotopic (exact) mass is 421 g/mol. The minimum atomic E-state index is -0.286. The van der Waals surface area contributed by atoms with E-state index in [-0.39, 0.29) is 11.8 Å². The molecule has 0 bridgehead atoms. The van der Waals surface area contributed by atoms with E-state index in [0.29, 0.717) is 21.8 Å². The van der Waals surface area contributed by atoms with Crippen molar-refractivity contribution in [3.05, 3.63) is 69.9 Å². The highest BCUT2D eigenvalue weighted by molar-refractivity contribution is 6.31. The smallest absolute Gasteiger partial charge is 0.256 e. The Labute approximate surface area is 181 Å². The minimum Gasteiger partial charge on any atom is -0.339 e. The Kier molecular flexibility index (Phi) is 5.73. The molecule has 1 aliphatic rings. The van der Waals surface area contributed by atoms with E-state index in [9.17, 15) is 9.59 Å². The van der Waals surface area contributed by atoms with E-state index < -0.39 is 0 Å². The number of carbonyl (C=O) groups is 2. The molecule has 1 N–H and O–H groups in total. The average molecular weight is 422 g/mol. The number of hydrogen-bond acceptors (Lipinski definition) is 3. The van der Waals surface area contributed by atoms with Crippen LogP contribution in [0.5, 0.6) is 0 Å². The Morgan fingerprint density at radius 3 is 2.50 bits per heavy atom. The van der Waals surface area contributed by atoms with Crippen LogP contribution < -0.4 is 5.32 Å². The number of nitrogens with one attached hydrogen (secondary N) is 1. The number of amides is 2. The summed E-state index contributed by atoms with van der Waals surface area (Å²) in [7, 11) is 0. The van der Waals surface area contributed by atoms with Crippen LogP contribution in [0, 0.1) is 13.8 Å². The Bertz CT molecular complexity index is 1140. The third-order valence-electron chi connectivity index (χ3n) is 5.44. The number of carbonyl (C=O) groups excluding carboxylic acids is 2. The lowest BCUT2D eigenvalue weighted by Gasteiger charge is -2.27. The van der Waals surface area contributed by atoms with Gasteiger partial charge in [0.15, 0.2) is 0 Å². The van der Waals surface area contributed by atoms with Gasteiger partial charge in [0.05, 0.1) is 22.3 Å². The summed E-state index contributed by atoms with van der Waals surface area (Å²) in [5.74, 6) is -0.362. The molecule has 0 saturated carbocycles. The third-order valence-corrected chi connectivity index (χ3v) is 5.68. The molecule has 0 unspecified atom stereocenters. The van der Waals surface area contributed by atoms with Crippen LogP contribution in [0.4, 0.5) is 5.69 Å². The van der Waals surface area contributed by atoms with Crippen molar-refractivity contribution in [1.29, 1.82) is 0 Å². The van der Waals surface area contributed by atoms with Crippen LogP contribution in [0.25, 0.3) is 10.9 Å². The third kappa shape index (κ3) is 4.17. The van der Waals surface area contributed by atoms with Crippen LogP contribution in [0.2, 0.25) is 5.02 Å². The Balaban J connectivity index is 1.70. The SMILES string of the molecule is Cc1ccc2nc(C)cc(C(=O)Nc3cc(Cl)ccc3C(=O)N3CCCCC3)c2c1. The highest BCUT2D eigenvalue weighted by Gasteiger charge is 2.22. The molecule has 0 spiro atoms. The molecular formula is C24H24ClN3O2. The van der Waals surface area contributed by atoms with Crippen molar-refractivity contribution in [3.8, 4) is 0 Å². The van der Waals surface area contributed by atoms with Crippen LogP contribution in [0.1, 0.15) is 51.2 Å². The van der Waals surface area contributed by atoms with Crippen molar-refractivity contribution in [2.45, 2.75) is 33.1 Å². The van der Waals surface area contributed by atoms with Gasteiger partial charge in [-0.3, -0.25) is 14.6 Å². The normalized spacial score (nSPS) is 14.0. The second-order valence-electron chi connectivity index (χ2n) is 7.83. The van der Waals surface area contributed by atoms with E-state index in [0.717, 1.165) is 54.5 Å². The van der Waals surface area contributed by atoms with Gasteiger partial charge >= 0.3 is 0 Å². The van der Waals surface area contributed by atoms with Crippen LogP contribution in [-0.4, -0.2) is 34.8 Å². The molecule has 154 valence electrons. The standard InChI is InChI=1S/C24H24ClN3O2/c1-15-6-9-21-19(12-15)20(13-16(2)26-21)23(29)27-22-14-17(25)7-8-18(22)24(30)28-10-4-3-5-11-28/h6-9,12-14H,3-5,10-11H2,1-2H3,(H,27,29). The number of anilines is 1. The van der Waals surface area contributed by atoms with Crippen LogP contribution in [0.15, 0.2) is 42.5 Å². The topological polar surface area (TPSA) is 62.3 Å². The van der Waals surface area contributed by atoms with E-state index in [4.69, 9.17) is 11.6 Å². The number of benzene rings is 2. The Morgan fingerprint density at radius 2 is 1.73 bits per heavy atom. The first-order chi connectivity index (χ1) is 14.4. The van der Waals surface area contributed by atoms with E-state index in [1.165, 1.54) is 0 Å². The summed E-state index contributed by atoms with van der Waals surface area (Å²) in [6.07, 6.45) is 3.15. The number of fused-ring (bicyclic) bond motifs is 1. The molecule has 3 aromatic rings. The maximum Gasteiger partial charge on any atom is 0.256 e. The second kappa shape index (κ2) is 8.44. The highest BCUT2D eigenvalue weighted by Crippen LogP contribution is 2.26. The maximum atomic E-state index is 13.2. The van der Waals surface area contributed by atoms with Crippen molar-refractivity contribution < 1.29 is 9.59 Å². The van der Waals surface area contributed by atoms with Crippen molar-refractivity contribution in [2.24, 2.45) is 0 Å². The van der Waals surface area contributed by atoms with Crippen LogP contribution in [0.3, 0.4) is 0 Å². The molecule has 2 heterocycles. The van der Waals surface area contributed by atoms with Gasteiger partial charge in [0.1, 0.15) is 0 Å². The molecule has 2 aromatic carbocycles. The molecule has 0 radical (unpaired) electrons. The first-order valence-corrected chi connectivity index (χ1v) is 10.6. The summed E-state index contributed by atoms with van der Waals surface area (Å²) in [5, 5.41) is 4.17. The van der Waals surface area contributed by atoms with Gasteiger partial charge < -0.3 is 10.2 Å². The van der Waals surface area contributed by atoms with Crippen LogP contribution in [-0.2, 0) is 0 Å². The minimum absolute atomic E-state index is 0.0757. The molecule has 0 atom stereocenters. The highest BCUT2D eigenvalue weighted by atomic mass is 35.5. The van der Waals surface area contributed by atoms with Gasteiger partial charge in [-0.15, -0.1) is 0 Å². The van der Waals surface area contributed by atoms with Crippen LogP contribution >= 0.6 is 11.6 Å². The number of nitrogens with zero attached hydrogens (tertiary/aromatic N) is 2. The van der Waals surface area contributed by atoms with E-state index in [1.807, 2.05) is 36.9 Å². The lowest BCUT2D eigenvalue weighted by Crippen LogP contribution is -2.36. The molecule has 2 amide bonds. The van der Waals surface area contributed by atoms with Gasteiger partial charge in [-0.05, 0) is 69.5 Å². The molecule has 4 rings (SSSR count). The molecule has 0 aliphatic carbocycles. The number of hydrogen-bond donors (Lipinski definition) is 1. The largest absolute Gasteiger partial charge is 0.339 e. The number of piperidine rings is 1. The van der Waals surface area contributed by atoms with Crippen molar-refractivity contribution >= 4 is 40.0 Å². The van der Waals surface area contributed by atoms with Gasteiger partial charge in [0.25, 0.3) is 11.8 Å². The summed E-state index contributed by atoms with van der Waals surface area (Å²) < 4.78 is 0. The summed E-state index contributed by atoms with van der Waals surface area (Å²) in [6, 6.07) is 12.6. The fourth-order valence-electron chi connectivity index (χ4n) is 3.92. The molecular weight excluding hydrogens is 398 g/mol. The number of aromatic nitrogens is 1. The Morgan fingerprint density at radius 1 is 0.967 bits per heavy atom. The van der Waals surface area contributed by atoms with Crippen molar-refractivity contribution in [1.82, 2.24) is 9.88 Å². The Hall–Kier alpha value is -2.92. The lowest BCUT2D eigenvalue weighted by molar-refractivity contribution is 0.0725. The zero-order chi connectivity index (χ0) is 21.3. The summed E-state index contributed by atoms with van der Waals surface area (Å²) >= 11 is 6.19. The summed E-state index contributed by atoms with van der Waals surface area (Å²) in [6.45, 7) is 5.32. The first-order valence-electron chi connectivity index (χ1n) is 10.2. The maximum absolute atomic E-state index is 13.2. The molecule has 1 saturated heterocycles. The summed E-state index contributed by atoms with van der Waals surface area (Å²) in [5.41, 5.74) is 3.98. The zero-order valence-electron chi connectivity index (χ0n) is 17.2. The fourth-order valence-corrected chi connectivity index (χ4v) is 4.10. The molecule has 5 nitrogen and oxygen atoms in total. The van der Waals surface area contributed by atoms with E-state index >= 15 is 0 Å². The van der Waals surface area contributed by atoms with Gasteiger partial charge in [-0.1, -0.05) is 23.2 Å². The number of likely N-dealkylation sites (tertiary alicyclic amines) is 1. The molecule has 6 heteroatoms. The van der Waals surface area contributed by atoms with Gasteiger partial charge in [-0.25, -0.2) is 0 Å². The molecule has 1 aliphatic heterocycles. The van der Waals surface area contributed by atoms with Gasteiger partial charge in [0.2, 0.25) is 0 Å². The zero-order valence-corrected chi connectivity index (χ0v) is 17.9. The van der Waals surface area contributed by atoms with Crippen molar-refractivity contribution in [3.63, 3.8) is 0 Å². The summed E-state index contributed by atoms with van der Waals surface area (Å²) in [4.78, 5) is 32.7. The predicted molar refractivity (Wildman–Crippen MR) is 120 cm³/mol. The molecule has 1 fully saturated rings. The number of pyridine rings is 1. The van der Waals surface area contributed by atoms with E-state index in [2.05, 4.69) is 10.3 Å². The van der Waals surface area contributed by atoms with Gasteiger partial charge in [0, 0.05) is 29.2 Å². The number of aryl methyl sites for hydroxylation is 2. The number of halogens is 1. The first kappa shape index (κ1) is 20.4. The second-order valence-corrected chi connectivity index (χ2v) is 8.27. The molecule has 30 heavy (non-hydrogen) atoms. The van der Waals surface area contributed by atoms with Gasteiger partial charge in [-0.2, -0.15) is 0 Å².